The van der Waals surface area contributed by atoms with Crippen molar-refractivity contribution in [3.63, 3.8) is 0 Å². The number of ether oxygens (including phenoxy) is 2. The van der Waals surface area contributed by atoms with Crippen LogP contribution in [0.2, 0.25) is 0 Å². The summed E-state index contributed by atoms with van der Waals surface area (Å²) in [5, 5.41) is 0. The second-order valence-electron chi connectivity index (χ2n) is 3.50. The zero-order valence-electron chi connectivity index (χ0n) is 8.75. The zero-order valence-corrected chi connectivity index (χ0v) is 8.75. The first-order valence-corrected chi connectivity index (χ1v) is 4.82. The van der Waals surface area contributed by atoms with Gasteiger partial charge < -0.3 is 9.47 Å². The van der Waals surface area contributed by atoms with E-state index in [4.69, 9.17) is 9.47 Å². The van der Waals surface area contributed by atoms with Crippen molar-refractivity contribution in [3.8, 4) is 0 Å². The highest BCUT2D eigenvalue weighted by Gasteiger charge is 2.27. The largest absolute Gasteiger partial charge is 0.378 e. The molecule has 0 saturated heterocycles. The van der Waals surface area contributed by atoms with E-state index in [0.717, 1.165) is 12.8 Å². The van der Waals surface area contributed by atoms with E-state index < -0.39 is 0 Å². The molecule has 1 aliphatic rings. The first kappa shape index (κ1) is 10.7. The van der Waals surface area contributed by atoms with Gasteiger partial charge in [0.15, 0.2) is 0 Å². The Morgan fingerprint density at radius 1 is 1.46 bits per heavy atom. The van der Waals surface area contributed by atoms with Crippen LogP contribution in [0.3, 0.4) is 0 Å². The lowest BCUT2D eigenvalue weighted by molar-refractivity contribution is -0.0255. The maximum absolute atomic E-state index is 5.35. The molecule has 0 saturated carbocycles. The predicted octanol–water partition coefficient (Wildman–Crippen LogP) is 2.21. The Morgan fingerprint density at radius 3 is 2.62 bits per heavy atom. The Kier molecular flexibility index (Phi) is 3.94. The fraction of sp³-hybridized carbons (Fsp3) is 0.727. The molecule has 75 valence electrons. The van der Waals surface area contributed by atoms with E-state index in [1.807, 2.05) is 0 Å². The van der Waals surface area contributed by atoms with Gasteiger partial charge in [0, 0.05) is 14.2 Å². The van der Waals surface area contributed by atoms with Gasteiger partial charge in [-0.15, -0.1) is 0 Å². The van der Waals surface area contributed by atoms with Crippen LogP contribution < -0.4 is 0 Å². The molecule has 2 heteroatoms. The van der Waals surface area contributed by atoms with Crippen LogP contribution in [0, 0.1) is 12.8 Å². The molecule has 1 rings (SSSR count). The predicted molar refractivity (Wildman–Crippen MR) is 53.4 cm³/mol. The highest BCUT2D eigenvalue weighted by molar-refractivity contribution is 5.16. The fourth-order valence-electron chi connectivity index (χ4n) is 1.88. The molecule has 0 N–H and O–H groups in total. The Hall–Kier alpha value is -0.340. The molecular weight excluding hydrogens is 164 g/mol. The molecule has 13 heavy (non-hydrogen) atoms. The summed E-state index contributed by atoms with van der Waals surface area (Å²) >= 11 is 0. The molecule has 0 aromatic carbocycles. The third-order valence-electron chi connectivity index (χ3n) is 2.77. The van der Waals surface area contributed by atoms with Gasteiger partial charge in [0.1, 0.15) is 6.10 Å². The lowest BCUT2D eigenvalue weighted by Gasteiger charge is -2.32. The summed E-state index contributed by atoms with van der Waals surface area (Å²) in [6.07, 6.45) is 4.47. The smallest absolute Gasteiger partial charge is 0.102 e. The van der Waals surface area contributed by atoms with E-state index in [1.165, 1.54) is 5.57 Å². The van der Waals surface area contributed by atoms with Crippen molar-refractivity contribution in [3.05, 3.63) is 18.6 Å². The molecule has 0 aliphatic heterocycles. The standard InChI is InChI=1S/C11H19O2/c1-5-9-7-11(13-4)10(12-3)6-8(9)2/h7-8,10-11H,2,5-6H2,1,3-4H3. The lowest BCUT2D eigenvalue weighted by Crippen LogP contribution is -2.34. The Bertz CT molecular complexity index is 187. The van der Waals surface area contributed by atoms with E-state index in [1.54, 1.807) is 14.2 Å². The van der Waals surface area contributed by atoms with Crippen LogP contribution in [-0.2, 0) is 9.47 Å². The molecule has 2 nitrogen and oxygen atoms in total. The molecule has 0 aromatic heterocycles. The van der Waals surface area contributed by atoms with E-state index >= 15 is 0 Å². The van der Waals surface area contributed by atoms with E-state index in [9.17, 15) is 0 Å². The maximum Gasteiger partial charge on any atom is 0.102 e. The van der Waals surface area contributed by atoms with Crippen LogP contribution in [0.15, 0.2) is 11.6 Å². The van der Waals surface area contributed by atoms with Gasteiger partial charge in [-0.3, -0.25) is 0 Å². The van der Waals surface area contributed by atoms with Gasteiger partial charge in [-0.25, -0.2) is 0 Å². The van der Waals surface area contributed by atoms with Gasteiger partial charge in [-0.05, 0) is 25.7 Å². The molecule has 0 aromatic rings. The Balaban J connectivity index is 2.74. The van der Waals surface area contributed by atoms with Crippen molar-refractivity contribution >= 4 is 0 Å². The van der Waals surface area contributed by atoms with Crippen LogP contribution in [0.4, 0.5) is 0 Å². The first-order valence-electron chi connectivity index (χ1n) is 4.82. The average Bonchev–Trinajstić information content (AvgIpc) is 2.17. The highest BCUT2D eigenvalue weighted by atomic mass is 16.5. The summed E-state index contributed by atoms with van der Waals surface area (Å²) in [6.45, 7) is 6.27. The van der Waals surface area contributed by atoms with Crippen molar-refractivity contribution in [1.82, 2.24) is 0 Å². The van der Waals surface area contributed by atoms with Gasteiger partial charge in [-0.1, -0.05) is 18.6 Å². The fourth-order valence-corrected chi connectivity index (χ4v) is 1.88. The first-order chi connectivity index (χ1) is 6.22. The van der Waals surface area contributed by atoms with Crippen molar-refractivity contribution in [2.75, 3.05) is 14.2 Å². The number of rotatable bonds is 3. The van der Waals surface area contributed by atoms with E-state index in [0.29, 0.717) is 5.92 Å². The van der Waals surface area contributed by atoms with Gasteiger partial charge in [0.2, 0.25) is 0 Å². The quantitative estimate of drug-likeness (QED) is 0.624. The minimum atomic E-state index is 0.109. The molecule has 0 bridgehead atoms. The maximum atomic E-state index is 5.35. The lowest BCUT2D eigenvalue weighted by atomic mass is 9.84. The van der Waals surface area contributed by atoms with Crippen molar-refractivity contribution < 1.29 is 9.47 Å². The molecule has 0 amide bonds. The third-order valence-corrected chi connectivity index (χ3v) is 2.77. The normalized spacial score (nSPS) is 34.5. The summed E-state index contributed by atoms with van der Waals surface area (Å²) in [5.41, 5.74) is 1.39. The molecule has 0 spiro atoms. The van der Waals surface area contributed by atoms with Gasteiger partial charge in [-0.2, -0.15) is 0 Å². The minimum Gasteiger partial charge on any atom is -0.378 e. The summed E-state index contributed by atoms with van der Waals surface area (Å²) < 4.78 is 10.7. The molecular formula is C11H19O2. The third kappa shape index (κ3) is 2.32. The molecule has 1 radical (unpaired) electrons. The van der Waals surface area contributed by atoms with Crippen molar-refractivity contribution in [1.29, 1.82) is 0 Å². The molecule has 0 fully saturated rings. The molecule has 3 unspecified atom stereocenters. The van der Waals surface area contributed by atoms with E-state index in [-0.39, 0.29) is 12.2 Å². The van der Waals surface area contributed by atoms with Gasteiger partial charge in [0.25, 0.3) is 0 Å². The van der Waals surface area contributed by atoms with E-state index in [2.05, 4.69) is 19.9 Å². The Morgan fingerprint density at radius 2 is 2.15 bits per heavy atom. The number of hydrogen-bond donors (Lipinski definition) is 0. The number of methoxy groups -OCH3 is 2. The van der Waals surface area contributed by atoms with Crippen molar-refractivity contribution in [2.45, 2.75) is 32.0 Å². The van der Waals surface area contributed by atoms with Crippen LogP contribution in [0.25, 0.3) is 0 Å². The second-order valence-corrected chi connectivity index (χ2v) is 3.50. The van der Waals surface area contributed by atoms with Crippen LogP contribution >= 0.6 is 0 Å². The van der Waals surface area contributed by atoms with Crippen LogP contribution in [0.1, 0.15) is 19.8 Å². The second kappa shape index (κ2) is 4.77. The summed E-state index contributed by atoms with van der Waals surface area (Å²) in [5.74, 6) is 0.390. The van der Waals surface area contributed by atoms with Crippen LogP contribution in [-0.4, -0.2) is 26.4 Å². The summed E-state index contributed by atoms with van der Waals surface area (Å²) in [7, 11) is 3.46. The highest BCUT2D eigenvalue weighted by Crippen LogP contribution is 2.29. The summed E-state index contributed by atoms with van der Waals surface area (Å²) in [4.78, 5) is 0. The Labute approximate surface area is 80.9 Å². The monoisotopic (exact) mass is 183 g/mol. The zero-order chi connectivity index (χ0) is 9.84. The van der Waals surface area contributed by atoms with Gasteiger partial charge in [0.05, 0.1) is 6.10 Å². The SMILES string of the molecule is [CH2]C1CC(OC)C(OC)C=C1CC. The van der Waals surface area contributed by atoms with Crippen LogP contribution in [0.5, 0.6) is 0 Å². The molecule has 3 atom stereocenters. The molecule has 0 heterocycles. The minimum absolute atomic E-state index is 0.109. The summed E-state index contributed by atoms with van der Waals surface area (Å²) in [6, 6.07) is 0. The molecule has 1 aliphatic carbocycles. The number of hydrogen-bond acceptors (Lipinski definition) is 2. The topological polar surface area (TPSA) is 18.5 Å². The van der Waals surface area contributed by atoms with Crippen molar-refractivity contribution in [2.24, 2.45) is 5.92 Å². The number of allylic oxidation sites excluding steroid dienone is 1. The van der Waals surface area contributed by atoms with Gasteiger partial charge >= 0.3 is 0 Å². The average molecular weight is 183 g/mol.